The Morgan fingerprint density at radius 2 is 1.68 bits per heavy atom. The Morgan fingerprint density at radius 3 is 2.32 bits per heavy atom. The third-order valence-electron chi connectivity index (χ3n) is 9.00. The number of ketones is 1. The highest BCUT2D eigenvalue weighted by Crippen LogP contribution is 2.40. The molecule has 7 heteroatoms. The largest absolute Gasteiger partial charge is 0.465 e. The topological polar surface area (TPSA) is 58.6 Å². The van der Waals surface area contributed by atoms with Crippen LogP contribution in [0.15, 0.2) is 0 Å². The van der Waals surface area contributed by atoms with Gasteiger partial charge < -0.3 is 10.1 Å². The fourth-order valence-corrected chi connectivity index (χ4v) is 7.05. The van der Waals surface area contributed by atoms with Gasteiger partial charge in [0.05, 0.1) is 18.6 Å². The first-order chi connectivity index (χ1) is 16.5. The molecule has 0 aromatic rings. The molecule has 1 heterocycles. The summed E-state index contributed by atoms with van der Waals surface area (Å²) in [7, 11) is 0. The molecule has 4 aliphatic rings. The van der Waals surface area contributed by atoms with Crippen LogP contribution in [0.3, 0.4) is 0 Å². The van der Waals surface area contributed by atoms with E-state index >= 15 is 4.39 Å². The van der Waals surface area contributed by atoms with Crippen LogP contribution in [0.2, 0.25) is 0 Å². The van der Waals surface area contributed by atoms with Crippen LogP contribution in [0.1, 0.15) is 84.0 Å². The average molecular weight is 483 g/mol. The third kappa shape index (κ3) is 6.00. The van der Waals surface area contributed by atoms with Crippen molar-refractivity contribution in [2.75, 3.05) is 26.2 Å². The van der Waals surface area contributed by atoms with E-state index in [4.69, 9.17) is 4.74 Å². The molecule has 6 atom stereocenters. The van der Waals surface area contributed by atoms with Crippen molar-refractivity contribution in [2.45, 2.75) is 108 Å². The van der Waals surface area contributed by atoms with Crippen molar-refractivity contribution in [2.24, 2.45) is 23.7 Å². The zero-order valence-electron chi connectivity index (χ0n) is 20.9. The molecule has 6 unspecified atom stereocenters. The number of piperidine rings is 1. The number of fused-ring (bicyclic) bond motifs is 1. The van der Waals surface area contributed by atoms with Gasteiger partial charge in [-0.2, -0.15) is 0 Å². The summed E-state index contributed by atoms with van der Waals surface area (Å²) in [5, 5.41) is 3.30. The van der Waals surface area contributed by atoms with E-state index in [9.17, 15) is 14.0 Å². The quantitative estimate of drug-likeness (QED) is 0.404. The van der Waals surface area contributed by atoms with Gasteiger partial charge in [0.1, 0.15) is 18.3 Å². The molecule has 5 nitrogen and oxygen atoms in total. The number of Topliss-reactive ketones (excluding diaryl/α,β-unsaturated/α-hetero) is 1. The summed E-state index contributed by atoms with van der Waals surface area (Å²) in [5.41, 5.74) is 0. The lowest BCUT2D eigenvalue weighted by Gasteiger charge is -2.50. The Balaban J connectivity index is 1.52. The van der Waals surface area contributed by atoms with Crippen molar-refractivity contribution in [1.29, 1.82) is 0 Å². The smallest absolute Gasteiger partial charge is 0.317 e. The Bertz CT molecular complexity index is 681. The van der Waals surface area contributed by atoms with Gasteiger partial charge in [-0.1, -0.05) is 51.4 Å². The van der Waals surface area contributed by atoms with Crippen LogP contribution < -0.4 is 5.32 Å². The van der Waals surface area contributed by atoms with Crippen molar-refractivity contribution < 1.29 is 23.1 Å². The molecule has 0 amide bonds. The molecule has 4 fully saturated rings. The summed E-state index contributed by atoms with van der Waals surface area (Å²) < 4.78 is 35.5. The number of alkyl halides is 2. The van der Waals surface area contributed by atoms with Crippen LogP contribution >= 0.6 is 0 Å². The Kier molecular flexibility index (Phi) is 9.36. The molecule has 0 aromatic heterocycles. The lowest BCUT2D eigenvalue weighted by molar-refractivity contribution is -0.161. The van der Waals surface area contributed by atoms with Crippen molar-refractivity contribution in [1.82, 2.24) is 10.2 Å². The van der Waals surface area contributed by atoms with Gasteiger partial charge in [0.2, 0.25) is 0 Å². The Morgan fingerprint density at radius 1 is 1.03 bits per heavy atom. The molecule has 0 aromatic carbocycles. The lowest BCUT2D eigenvalue weighted by atomic mass is 9.69. The fraction of sp³-hybridized carbons (Fsp3) is 0.926. The second-order valence-corrected chi connectivity index (χ2v) is 11.2. The van der Waals surface area contributed by atoms with Crippen molar-refractivity contribution in [3.8, 4) is 0 Å². The number of esters is 1. The van der Waals surface area contributed by atoms with E-state index in [1.54, 1.807) is 6.92 Å². The van der Waals surface area contributed by atoms with Gasteiger partial charge in [0.15, 0.2) is 5.78 Å². The van der Waals surface area contributed by atoms with E-state index in [-0.39, 0.29) is 31.4 Å². The standard InChI is InChI=1S/C27H44F2N2O3/c1-2-34-27(33)20-17-31(14-13-18-9-5-3-6-10-18)22-15-21(28)24(29)25(23(22)26(20)32)30-16-19-11-7-4-8-12-19/h18-25,30H,2-17H2,1H3. The molecule has 1 saturated heterocycles. The van der Waals surface area contributed by atoms with Crippen molar-refractivity contribution in [3.05, 3.63) is 0 Å². The SMILES string of the molecule is CCOC(=O)C1CN(CCC2CCCCC2)C2CC(F)C(F)C(NCC3CCCCC3)C2C1=O. The minimum Gasteiger partial charge on any atom is -0.465 e. The summed E-state index contributed by atoms with van der Waals surface area (Å²) in [4.78, 5) is 28.5. The molecule has 4 rings (SSSR count). The maximum Gasteiger partial charge on any atom is 0.317 e. The summed E-state index contributed by atoms with van der Waals surface area (Å²) in [5.74, 6) is -1.30. The maximum atomic E-state index is 15.3. The summed E-state index contributed by atoms with van der Waals surface area (Å²) >= 11 is 0. The number of nitrogens with zero attached hydrogens (tertiary/aromatic N) is 1. The molecule has 3 saturated carbocycles. The first-order valence-electron chi connectivity index (χ1n) is 14.0. The molecule has 1 N–H and O–H groups in total. The Labute approximate surface area is 203 Å². The number of hydrogen-bond donors (Lipinski definition) is 1. The molecule has 194 valence electrons. The maximum absolute atomic E-state index is 15.3. The average Bonchev–Trinajstić information content (AvgIpc) is 2.85. The number of rotatable bonds is 8. The van der Waals surface area contributed by atoms with Gasteiger partial charge in [0.25, 0.3) is 0 Å². The zero-order chi connectivity index (χ0) is 24.1. The van der Waals surface area contributed by atoms with Crippen LogP contribution in [0.25, 0.3) is 0 Å². The van der Waals surface area contributed by atoms with Crippen LogP contribution in [-0.4, -0.2) is 67.3 Å². The summed E-state index contributed by atoms with van der Waals surface area (Å²) in [6.07, 6.45) is 9.70. The van der Waals surface area contributed by atoms with E-state index in [1.807, 2.05) is 0 Å². The molecule has 3 aliphatic carbocycles. The number of nitrogens with one attached hydrogen (secondary N) is 1. The highest BCUT2D eigenvalue weighted by molar-refractivity contribution is 6.01. The fourth-order valence-electron chi connectivity index (χ4n) is 7.05. The number of halogens is 2. The van der Waals surface area contributed by atoms with Crippen LogP contribution in [0.5, 0.6) is 0 Å². The molecule has 0 spiro atoms. The second kappa shape index (κ2) is 12.2. The number of likely N-dealkylation sites (tertiary alicyclic amines) is 1. The number of ether oxygens (including phenoxy) is 1. The highest BCUT2D eigenvalue weighted by Gasteiger charge is 2.56. The summed E-state index contributed by atoms with van der Waals surface area (Å²) in [6.45, 7) is 3.55. The molecule has 0 bridgehead atoms. The first-order valence-corrected chi connectivity index (χ1v) is 14.0. The molecule has 1 aliphatic heterocycles. The first kappa shape index (κ1) is 26.0. The van der Waals surface area contributed by atoms with Gasteiger partial charge in [-0.3, -0.25) is 14.5 Å². The monoisotopic (exact) mass is 482 g/mol. The van der Waals surface area contributed by atoms with E-state index in [0.29, 0.717) is 18.4 Å². The Hall–Kier alpha value is -1.08. The number of hydrogen-bond acceptors (Lipinski definition) is 5. The normalized spacial score (nSPS) is 36.3. The highest BCUT2D eigenvalue weighted by atomic mass is 19.2. The molecular formula is C27H44F2N2O3. The molecular weight excluding hydrogens is 438 g/mol. The number of carbonyl (C=O) groups is 2. The van der Waals surface area contributed by atoms with Gasteiger partial charge in [0, 0.05) is 12.6 Å². The zero-order valence-corrected chi connectivity index (χ0v) is 20.9. The van der Waals surface area contributed by atoms with Crippen molar-refractivity contribution in [3.63, 3.8) is 0 Å². The lowest BCUT2D eigenvalue weighted by Crippen LogP contribution is -2.68. The van der Waals surface area contributed by atoms with Gasteiger partial charge in [-0.25, -0.2) is 8.78 Å². The van der Waals surface area contributed by atoms with E-state index < -0.39 is 36.2 Å². The van der Waals surface area contributed by atoms with Crippen LogP contribution in [0.4, 0.5) is 8.78 Å². The van der Waals surface area contributed by atoms with E-state index in [1.165, 1.54) is 51.4 Å². The van der Waals surface area contributed by atoms with E-state index in [2.05, 4.69) is 10.2 Å². The molecule has 34 heavy (non-hydrogen) atoms. The van der Waals surface area contributed by atoms with Gasteiger partial charge in [-0.15, -0.1) is 0 Å². The molecule has 0 radical (unpaired) electrons. The van der Waals surface area contributed by atoms with Crippen LogP contribution in [0, 0.1) is 23.7 Å². The van der Waals surface area contributed by atoms with Crippen LogP contribution in [-0.2, 0) is 14.3 Å². The summed E-state index contributed by atoms with van der Waals surface area (Å²) in [6, 6.07) is -1.23. The van der Waals surface area contributed by atoms with Gasteiger partial charge in [-0.05, 0) is 57.5 Å². The predicted molar refractivity (Wildman–Crippen MR) is 128 cm³/mol. The second-order valence-electron chi connectivity index (χ2n) is 11.2. The third-order valence-corrected chi connectivity index (χ3v) is 9.00. The predicted octanol–water partition coefficient (Wildman–Crippen LogP) is 4.62. The van der Waals surface area contributed by atoms with Gasteiger partial charge >= 0.3 is 5.97 Å². The van der Waals surface area contributed by atoms with Crippen molar-refractivity contribution >= 4 is 11.8 Å². The number of carbonyl (C=O) groups excluding carboxylic acids is 2. The minimum atomic E-state index is -1.73. The van der Waals surface area contributed by atoms with E-state index in [0.717, 1.165) is 25.8 Å². The minimum absolute atomic E-state index is 0.0272.